The molecule has 0 rings (SSSR count). The van der Waals surface area contributed by atoms with Crippen LogP contribution in [0, 0.1) is 11.8 Å². The van der Waals surface area contributed by atoms with Crippen molar-refractivity contribution in [2.24, 2.45) is 0 Å². The zero-order valence-corrected chi connectivity index (χ0v) is 15.1. The van der Waals surface area contributed by atoms with Gasteiger partial charge in [0.25, 0.3) is 0 Å². The third-order valence-corrected chi connectivity index (χ3v) is 3.26. The van der Waals surface area contributed by atoms with Gasteiger partial charge < -0.3 is 20.1 Å². The normalized spacial score (nSPS) is 15.7. The van der Waals surface area contributed by atoms with Crippen LogP contribution in [0.2, 0.25) is 0 Å². The number of rotatable bonds is 11. The summed E-state index contributed by atoms with van der Waals surface area (Å²) in [5.74, 6) is 5.72. The third kappa shape index (κ3) is 16.7. The Morgan fingerprint density at radius 2 is 1.60 bits per heavy atom. The summed E-state index contributed by atoms with van der Waals surface area (Å²) in [6, 6.07) is 0. The van der Waals surface area contributed by atoms with E-state index in [2.05, 4.69) is 11.8 Å². The molecule has 0 saturated carbocycles. The van der Waals surface area contributed by atoms with E-state index in [-0.39, 0.29) is 5.78 Å². The van der Waals surface area contributed by atoms with Crippen LogP contribution in [0.4, 0.5) is 0 Å². The molecular formula is C21H30O4. The lowest BCUT2D eigenvalue weighted by molar-refractivity contribution is -0.117. The van der Waals surface area contributed by atoms with Gasteiger partial charge in [0.1, 0.15) is 5.78 Å². The fraction of sp³-hybridized carbons (Fsp3) is 0.476. The Labute approximate surface area is 151 Å². The maximum atomic E-state index is 10.8. The molecule has 0 heterocycles. The molecular weight excluding hydrogens is 316 g/mol. The molecule has 0 radical (unpaired) electrons. The second-order valence-electron chi connectivity index (χ2n) is 5.74. The molecule has 0 unspecified atom stereocenters. The number of carbonyl (C=O) groups is 1. The van der Waals surface area contributed by atoms with Crippen molar-refractivity contribution >= 4 is 5.78 Å². The lowest BCUT2D eigenvalue weighted by Crippen LogP contribution is -2.02. The second kappa shape index (κ2) is 15.6. The number of hydrogen-bond donors (Lipinski definition) is 3. The number of carbonyl (C=O) groups excluding carboxylic acids is 1. The van der Waals surface area contributed by atoms with Gasteiger partial charge >= 0.3 is 0 Å². The Kier molecular flexibility index (Phi) is 14.4. The predicted octanol–water partition coefficient (Wildman–Crippen LogP) is 2.86. The molecule has 3 atom stereocenters. The van der Waals surface area contributed by atoms with Gasteiger partial charge in [0.2, 0.25) is 0 Å². The molecule has 0 bridgehead atoms. The van der Waals surface area contributed by atoms with Crippen LogP contribution in [-0.2, 0) is 4.79 Å². The number of ketones is 1. The summed E-state index contributed by atoms with van der Waals surface area (Å²) >= 11 is 0. The molecule has 0 aromatic heterocycles. The molecule has 0 aliphatic rings. The standard InChI is InChI=1S/C21H30O4/c1-3-19(23)13-9-6-10-16-20(24)14-7-4-5-8-15-21(25)17-11-12-18(2)22/h4-5,7-9,13-15,19-21,23-25H,3,11-12,16-17H2,1-2H3/b5-4+,13-9+,14-7+,15-8-/t19-,20+,21-/m1/s1. The molecule has 0 aromatic carbocycles. The summed E-state index contributed by atoms with van der Waals surface area (Å²) in [5, 5.41) is 28.7. The smallest absolute Gasteiger partial charge is 0.129 e. The maximum absolute atomic E-state index is 10.8. The van der Waals surface area contributed by atoms with Crippen molar-refractivity contribution in [2.45, 2.75) is 64.3 Å². The Morgan fingerprint density at radius 1 is 0.960 bits per heavy atom. The highest BCUT2D eigenvalue weighted by Gasteiger charge is 1.99. The fourth-order valence-electron chi connectivity index (χ4n) is 1.76. The number of Topliss-reactive ketones (excluding diaryl/α,β-unsaturated/α-hetero) is 1. The molecule has 0 aliphatic heterocycles. The summed E-state index contributed by atoms with van der Waals surface area (Å²) in [7, 11) is 0. The van der Waals surface area contributed by atoms with Gasteiger partial charge in [-0.2, -0.15) is 0 Å². The van der Waals surface area contributed by atoms with Crippen LogP contribution in [0.15, 0.2) is 48.6 Å². The van der Waals surface area contributed by atoms with E-state index >= 15 is 0 Å². The summed E-state index contributed by atoms with van der Waals surface area (Å²) < 4.78 is 0. The van der Waals surface area contributed by atoms with Gasteiger partial charge in [-0.05, 0) is 38.3 Å². The van der Waals surface area contributed by atoms with Crippen LogP contribution >= 0.6 is 0 Å². The SMILES string of the molecule is CC[C@@H](O)/C=C/C#CC[C@@H](O)/C=C/C=C/C=C\[C@@H](O)CCCC(C)=O. The summed E-state index contributed by atoms with van der Waals surface area (Å²) in [5.41, 5.74) is 0. The minimum absolute atomic E-state index is 0.138. The number of aliphatic hydroxyl groups excluding tert-OH is 3. The topological polar surface area (TPSA) is 77.8 Å². The van der Waals surface area contributed by atoms with E-state index in [9.17, 15) is 20.1 Å². The predicted molar refractivity (Wildman–Crippen MR) is 102 cm³/mol. The molecule has 0 fully saturated rings. The van der Waals surface area contributed by atoms with E-state index in [4.69, 9.17) is 0 Å². The molecule has 4 heteroatoms. The first-order valence-electron chi connectivity index (χ1n) is 8.66. The van der Waals surface area contributed by atoms with Crippen molar-refractivity contribution in [3.8, 4) is 11.8 Å². The van der Waals surface area contributed by atoms with Crippen molar-refractivity contribution in [1.82, 2.24) is 0 Å². The Bertz CT molecular complexity index is 532. The zero-order chi connectivity index (χ0) is 18.9. The quantitative estimate of drug-likeness (QED) is 0.397. The van der Waals surface area contributed by atoms with E-state index in [1.54, 1.807) is 55.5 Å². The zero-order valence-electron chi connectivity index (χ0n) is 15.1. The molecule has 4 nitrogen and oxygen atoms in total. The Balaban J connectivity index is 3.99. The van der Waals surface area contributed by atoms with Gasteiger partial charge in [-0.25, -0.2) is 0 Å². The molecule has 0 saturated heterocycles. The average molecular weight is 346 g/mol. The van der Waals surface area contributed by atoms with Crippen molar-refractivity contribution in [3.63, 3.8) is 0 Å². The summed E-state index contributed by atoms with van der Waals surface area (Å²) in [6.45, 7) is 3.43. The highest BCUT2D eigenvalue weighted by molar-refractivity contribution is 5.75. The van der Waals surface area contributed by atoms with Gasteiger partial charge in [0.05, 0.1) is 18.3 Å². The first-order chi connectivity index (χ1) is 12.0. The first-order valence-corrected chi connectivity index (χ1v) is 8.66. The molecule has 0 aromatic rings. The largest absolute Gasteiger partial charge is 0.389 e. The number of aliphatic hydroxyl groups is 3. The Morgan fingerprint density at radius 3 is 2.20 bits per heavy atom. The minimum Gasteiger partial charge on any atom is -0.389 e. The van der Waals surface area contributed by atoms with E-state index in [1.807, 2.05) is 6.92 Å². The fourth-order valence-corrected chi connectivity index (χ4v) is 1.76. The second-order valence-corrected chi connectivity index (χ2v) is 5.74. The molecule has 25 heavy (non-hydrogen) atoms. The lowest BCUT2D eigenvalue weighted by Gasteiger charge is -2.02. The van der Waals surface area contributed by atoms with Gasteiger partial charge in [-0.15, -0.1) is 0 Å². The molecule has 138 valence electrons. The number of hydrogen-bond acceptors (Lipinski definition) is 4. The van der Waals surface area contributed by atoms with Gasteiger partial charge in [-0.1, -0.05) is 55.2 Å². The highest BCUT2D eigenvalue weighted by Crippen LogP contribution is 2.03. The van der Waals surface area contributed by atoms with Crippen molar-refractivity contribution in [3.05, 3.63) is 48.6 Å². The van der Waals surface area contributed by atoms with Crippen LogP contribution in [0.5, 0.6) is 0 Å². The van der Waals surface area contributed by atoms with E-state index < -0.39 is 18.3 Å². The van der Waals surface area contributed by atoms with Crippen LogP contribution in [0.25, 0.3) is 0 Å². The van der Waals surface area contributed by atoms with E-state index in [0.717, 1.165) is 0 Å². The van der Waals surface area contributed by atoms with Crippen molar-refractivity contribution in [1.29, 1.82) is 0 Å². The average Bonchev–Trinajstić information content (AvgIpc) is 2.57. The van der Waals surface area contributed by atoms with Gasteiger partial charge in [0, 0.05) is 12.8 Å². The maximum Gasteiger partial charge on any atom is 0.129 e. The Hall–Kier alpha value is -1.93. The lowest BCUT2D eigenvalue weighted by atomic mass is 10.1. The van der Waals surface area contributed by atoms with Crippen LogP contribution < -0.4 is 0 Å². The highest BCUT2D eigenvalue weighted by atomic mass is 16.3. The van der Waals surface area contributed by atoms with Gasteiger partial charge in [0.15, 0.2) is 0 Å². The van der Waals surface area contributed by atoms with Crippen molar-refractivity contribution in [2.75, 3.05) is 0 Å². The van der Waals surface area contributed by atoms with E-state index in [0.29, 0.717) is 32.1 Å². The molecule has 0 spiro atoms. The molecule has 0 aliphatic carbocycles. The molecule has 3 N–H and O–H groups in total. The van der Waals surface area contributed by atoms with E-state index in [1.165, 1.54) is 0 Å². The molecule has 0 amide bonds. The minimum atomic E-state index is -0.650. The van der Waals surface area contributed by atoms with Crippen LogP contribution in [0.1, 0.15) is 46.0 Å². The first kappa shape index (κ1) is 23.1. The summed E-state index contributed by atoms with van der Waals surface area (Å²) in [6.07, 6.45) is 14.6. The van der Waals surface area contributed by atoms with Crippen LogP contribution in [0.3, 0.4) is 0 Å². The monoisotopic (exact) mass is 346 g/mol. The van der Waals surface area contributed by atoms with Crippen molar-refractivity contribution < 1.29 is 20.1 Å². The number of allylic oxidation sites excluding steroid dienone is 5. The van der Waals surface area contributed by atoms with Crippen LogP contribution in [-0.4, -0.2) is 39.4 Å². The summed E-state index contributed by atoms with van der Waals surface area (Å²) in [4.78, 5) is 10.8. The van der Waals surface area contributed by atoms with Gasteiger partial charge in [-0.3, -0.25) is 0 Å². The third-order valence-electron chi connectivity index (χ3n) is 3.26.